The van der Waals surface area contributed by atoms with Crippen LogP contribution in [0.25, 0.3) is 10.8 Å². The average Bonchev–Trinajstić information content (AvgIpc) is 2.34. The molecule has 0 atom stereocenters. The van der Waals surface area contributed by atoms with Crippen LogP contribution in [0.4, 0.5) is 4.39 Å². The van der Waals surface area contributed by atoms with E-state index in [4.69, 9.17) is 0 Å². The van der Waals surface area contributed by atoms with E-state index < -0.39 is 6.01 Å². The van der Waals surface area contributed by atoms with Gasteiger partial charge in [0.2, 0.25) is 0 Å². The van der Waals surface area contributed by atoms with Crippen LogP contribution in [-0.4, -0.2) is 0 Å². The van der Waals surface area contributed by atoms with Crippen molar-refractivity contribution in [3.8, 4) is 0 Å². The zero-order chi connectivity index (χ0) is 6.97. The van der Waals surface area contributed by atoms with Crippen molar-refractivity contribution in [2.75, 3.05) is 0 Å². The fourth-order valence-corrected chi connectivity index (χ4v) is 0.898. The van der Waals surface area contributed by atoms with E-state index in [0.29, 0.717) is 10.8 Å². The molecule has 2 rings (SSSR count). The van der Waals surface area contributed by atoms with Crippen LogP contribution in [0, 0.1) is 12.3 Å². The topological polar surface area (TPSA) is 13.1 Å². The molecule has 10 heavy (non-hydrogen) atoms. The Bertz CT molecular complexity index is 351. The number of furan rings is 1. The fourth-order valence-electron chi connectivity index (χ4n) is 0.898. The van der Waals surface area contributed by atoms with Crippen molar-refractivity contribution in [3.63, 3.8) is 0 Å². The molecule has 0 unspecified atom stereocenters. The average molecular weight is 135 g/mol. The summed E-state index contributed by atoms with van der Waals surface area (Å²) in [6, 6.07) is 6.42. The Balaban J connectivity index is 2.93. The molecule has 0 aliphatic heterocycles. The molecule has 0 amide bonds. The van der Waals surface area contributed by atoms with Crippen LogP contribution in [0.2, 0.25) is 0 Å². The largest absolute Gasteiger partial charge is 0.427 e. The van der Waals surface area contributed by atoms with Crippen LogP contribution in [0.15, 0.2) is 28.7 Å². The van der Waals surface area contributed by atoms with Crippen molar-refractivity contribution in [2.24, 2.45) is 0 Å². The van der Waals surface area contributed by atoms with Crippen molar-refractivity contribution in [3.05, 3.63) is 36.5 Å². The first-order chi connectivity index (χ1) is 4.88. The summed E-state index contributed by atoms with van der Waals surface area (Å²) < 4.78 is 17.0. The molecule has 0 N–H and O–H groups in total. The van der Waals surface area contributed by atoms with Gasteiger partial charge in [-0.15, -0.1) is 0 Å². The summed E-state index contributed by atoms with van der Waals surface area (Å²) in [6.07, 6.45) is 2.44. The smallest absolute Gasteiger partial charge is 0.286 e. The molecule has 49 valence electrons. The summed E-state index contributed by atoms with van der Waals surface area (Å²) in [5, 5.41) is 1.17. The third kappa shape index (κ3) is 0.620. The predicted molar refractivity (Wildman–Crippen MR) is 35.0 cm³/mol. The highest BCUT2D eigenvalue weighted by molar-refractivity contribution is 5.80. The fraction of sp³-hybridized carbons (Fsp3) is 0. The van der Waals surface area contributed by atoms with Crippen LogP contribution < -0.4 is 0 Å². The van der Waals surface area contributed by atoms with Crippen molar-refractivity contribution < 1.29 is 8.81 Å². The van der Waals surface area contributed by atoms with Crippen LogP contribution >= 0.6 is 0 Å². The Hall–Kier alpha value is -1.31. The van der Waals surface area contributed by atoms with E-state index in [0.717, 1.165) is 0 Å². The summed E-state index contributed by atoms with van der Waals surface area (Å²) in [6.45, 7) is 0. The van der Waals surface area contributed by atoms with Crippen LogP contribution in [-0.2, 0) is 0 Å². The second kappa shape index (κ2) is 1.84. The SMILES string of the molecule is Fc1o[c]c2ccccc12. The van der Waals surface area contributed by atoms with Gasteiger partial charge < -0.3 is 4.42 Å². The summed E-state index contributed by atoms with van der Waals surface area (Å²) in [5.74, 6) is 0. The van der Waals surface area contributed by atoms with E-state index >= 15 is 0 Å². The second-order valence-corrected chi connectivity index (χ2v) is 2.02. The molecule has 0 saturated heterocycles. The highest BCUT2D eigenvalue weighted by atomic mass is 19.1. The minimum absolute atomic E-state index is 0.488. The lowest BCUT2D eigenvalue weighted by molar-refractivity contribution is 0.362. The minimum atomic E-state index is -0.560. The molecule has 0 fully saturated rings. The maximum atomic E-state index is 12.5. The van der Waals surface area contributed by atoms with Gasteiger partial charge in [-0.1, -0.05) is 18.2 Å². The van der Waals surface area contributed by atoms with Crippen LogP contribution in [0.1, 0.15) is 0 Å². The van der Waals surface area contributed by atoms with Crippen molar-refractivity contribution in [2.45, 2.75) is 0 Å². The van der Waals surface area contributed by atoms with E-state index in [1.807, 2.05) is 6.07 Å². The molecule has 2 heteroatoms. The van der Waals surface area contributed by atoms with Crippen molar-refractivity contribution in [1.29, 1.82) is 0 Å². The van der Waals surface area contributed by atoms with Gasteiger partial charge in [0.25, 0.3) is 6.01 Å². The summed E-state index contributed by atoms with van der Waals surface area (Å²) in [4.78, 5) is 0. The maximum Gasteiger partial charge on any atom is 0.286 e. The van der Waals surface area contributed by atoms with Gasteiger partial charge in [-0.3, -0.25) is 0 Å². The molecule has 1 heterocycles. The van der Waals surface area contributed by atoms with Gasteiger partial charge in [-0.05, 0) is 6.07 Å². The van der Waals surface area contributed by atoms with E-state index in [9.17, 15) is 4.39 Å². The van der Waals surface area contributed by atoms with E-state index in [-0.39, 0.29) is 0 Å². The van der Waals surface area contributed by atoms with Crippen LogP contribution in [0.5, 0.6) is 0 Å². The predicted octanol–water partition coefficient (Wildman–Crippen LogP) is 2.37. The zero-order valence-corrected chi connectivity index (χ0v) is 5.10. The molecule has 1 aromatic heterocycles. The highest BCUT2D eigenvalue weighted by Crippen LogP contribution is 2.17. The third-order valence-electron chi connectivity index (χ3n) is 1.39. The van der Waals surface area contributed by atoms with Crippen molar-refractivity contribution in [1.82, 2.24) is 0 Å². The Labute approximate surface area is 57.1 Å². The first-order valence-electron chi connectivity index (χ1n) is 2.92. The molecule has 2 aromatic rings. The quantitative estimate of drug-likeness (QED) is 0.540. The third-order valence-corrected chi connectivity index (χ3v) is 1.39. The van der Waals surface area contributed by atoms with Gasteiger partial charge >= 0.3 is 0 Å². The van der Waals surface area contributed by atoms with E-state index in [1.165, 1.54) is 0 Å². The Morgan fingerprint density at radius 1 is 1.30 bits per heavy atom. The maximum absolute atomic E-state index is 12.5. The molecule has 0 aliphatic rings. The van der Waals surface area contributed by atoms with Gasteiger partial charge in [0, 0.05) is 5.39 Å². The minimum Gasteiger partial charge on any atom is -0.427 e. The number of rotatable bonds is 0. The molecule has 0 spiro atoms. The normalized spacial score (nSPS) is 10.5. The lowest BCUT2D eigenvalue weighted by atomic mass is 10.2. The van der Waals surface area contributed by atoms with Gasteiger partial charge in [-0.2, -0.15) is 4.39 Å². The molecule has 0 aliphatic carbocycles. The standard InChI is InChI=1S/C8H4FO/c9-8-7-4-2-1-3-6(7)5-10-8/h1-4H. The molecular weight excluding hydrogens is 131 g/mol. The highest BCUT2D eigenvalue weighted by Gasteiger charge is 2.02. The Morgan fingerprint density at radius 3 is 2.90 bits per heavy atom. The molecule has 1 aromatic carbocycles. The Morgan fingerprint density at radius 2 is 2.10 bits per heavy atom. The molecule has 0 bridgehead atoms. The Kier molecular flexibility index (Phi) is 1.01. The summed E-state index contributed by atoms with van der Waals surface area (Å²) in [5.41, 5.74) is 0. The van der Waals surface area contributed by atoms with Gasteiger partial charge in [0.05, 0.1) is 5.39 Å². The van der Waals surface area contributed by atoms with Gasteiger partial charge in [0.1, 0.15) is 0 Å². The molecular formula is C8H4FO. The second-order valence-electron chi connectivity index (χ2n) is 2.02. The summed E-state index contributed by atoms with van der Waals surface area (Å²) >= 11 is 0. The lowest BCUT2D eigenvalue weighted by Crippen LogP contribution is -1.64. The molecule has 1 nitrogen and oxygen atoms in total. The zero-order valence-electron chi connectivity index (χ0n) is 5.10. The molecule has 1 radical (unpaired) electrons. The molecule has 0 saturated carbocycles. The lowest BCUT2D eigenvalue weighted by Gasteiger charge is -1.81. The van der Waals surface area contributed by atoms with Crippen molar-refractivity contribution >= 4 is 10.8 Å². The number of hydrogen-bond donors (Lipinski definition) is 0. The van der Waals surface area contributed by atoms with E-state index in [1.54, 1.807) is 18.2 Å². The number of halogens is 1. The number of fused-ring (bicyclic) bond motifs is 1. The van der Waals surface area contributed by atoms with Crippen LogP contribution in [0.3, 0.4) is 0 Å². The van der Waals surface area contributed by atoms with Gasteiger partial charge in [-0.25, -0.2) is 0 Å². The van der Waals surface area contributed by atoms with Gasteiger partial charge in [0.15, 0.2) is 6.26 Å². The summed E-state index contributed by atoms with van der Waals surface area (Å²) in [7, 11) is 0. The van der Waals surface area contributed by atoms with E-state index in [2.05, 4.69) is 10.7 Å². The number of benzene rings is 1. The first kappa shape index (κ1) is 5.47. The monoisotopic (exact) mass is 135 g/mol. The first-order valence-corrected chi connectivity index (χ1v) is 2.92. The number of hydrogen-bond acceptors (Lipinski definition) is 1.